The van der Waals surface area contributed by atoms with Crippen molar-refractivity contribution >= 4 is 69.0 Å². The van der Waals surface area contributed by atoms with Crippen molar-refractivity contribution < 1.29 is 40.7 Å². The maximum atomic E-state index is 16.6. The number of halogens is 2. The molecule has 2 aromatic carbocycles. The number of nitrogens with one attached hydrogen (secondary N) is 5. The Labute approximate surface area is 359 Å². The van der Waals surface area contributed by atoms with E-state index in [4.69, 9.17) is 4.74 Å². The van der Waals surface area contributed by atoms with Crippen LogP contribution in [0.3, 0.4) is 0 Å². The molecule has 0 aliphatic carbocycles. The lowest BCUT2D eigenvalue weighted by Gasteiger charge is -2.34. The number of allylic oxidation sites excluding steroid dienone is 2. The molecule has 3 amide bonds. The zero-order valence-corrected chi connectivity index (χ0v) is 36.8. The van der Waals surface area contributed by atoms with Crippen molar-refractivity contribution in [2.24, 2.45) is 0 Å². The van der Waals surface area contributed by atoms with Crippen molar-refractivity contribution in [2.45, 2.75) is 68.2 Å². The zero-order chi connectivity index (χ0) is 45.0. The van der Waals surface area contributed by atoms with Crippen LogP contribution < -0.4 is 25.4 Å². The Morgan fingerprint density at radius 3 is 2.32 bits per heavy atom. The van der Waals surface area contributed by atoms with Crippen LogP contribution in [0.4, 0.5) is 20.0 Å². The molecule has 0 fully saturated rings. The van der Waals surface area contributed by atoms with Crippen LogP contribution in [0.25, 0.3) is 17.2 Å². The molecule has 7 rings (SSSR count). The van der Waals surface area contributed by atoms with Gasteiger partial charge in [0.1, 0.15) is 11.5 Å². The fraction of sp³-hybridized carbons (Fsp3) is 0.289. The van der Waals surface area contributed by atoms with Gasteiger partial charge in [0.2, 0.25) is 0 Å². The summed E-state index contributed by atoms with van der Waals surface area (Å²) in [7, 11) is -3.76. The average Bonchev–Trinajstić information content (AvgIpc) is 3.88. The molecule has 0 radical (unpaired) electrons. The number of amides is 3. The number of sulfonamides is 1. The normalized spacial score (nSPS) is 16.0. The summed E-state index contributed by atoms with van der Waals surface area (Å²) in [6.45, 7) is 14.0. The van der Waals surface area contributed by atoms with Gasteiger partial charge in [-0.05, 0) is 112 Å². The summed E-state index contributed by atoms with van der Waals surface area (Å²) in [5.41, 5.74) is 10.8. The zero-order valence-electron chi connectivity index (χ0n) is 36.0. The number of anilines is 2. The molecule has 0 saturated heterocycles. The molecule has 0 bridgehead atoms. The topological polar surface area (TPSA) is 166 Å². The third-order valence-corrected chi connectivity index (χ3v) is 13.0. The average molecular weight is 866 g/mol. The fourth-order valence-corrected chi connectivity index (χ4v) is 9.68. The predicted molar refractivity (Wildman–Crippen MR) is 240 cm³/mol. The van der Waals surface area contributed by atoms with Gasteiger partial charge < -0.3 is 43.3 Å². The van der Waals surface area contributed by atoms with Crippen molar-refractivity contribution in [3.8, 4) is 5.75 Å². The second-order valence-electron chi connectivity index (χ2n) is 15.7. The summed E-state index contributed by atoms with van der Waals surface area (Å²) < 4.78 is 67.9. The number of aryl methyl sites for hydroxylation is 1. The lowest BCUT2D eigenvalue weighted by atomic mass is 9.83. The number of hydrogen-bond acceptors (Lipinski definition) is 6. The largest absolute Gasteiger partial charge is 0.737 e. The number of aromatic nitrogens is 2. The van der Waals surface area contributed by atoms with Gasteiger partial charge in [0.25, 0.3) is 27.7 Å². The van der Waals surface area contributed by atoms with Gasteiger partial charge in [-0.25, -0.2) is 8.42 Å². The molecular formula is C45H50BF2N7O6S. The molecule has 2 aromatic heterocycles. The third-order valence-electron chi connectivity index (χ3n) is 12.0. The van der Waals surface area contributed by atoms with Crippen molar-refractivity contribution in [3.63, 3.8) is 0 Å². The van der Waals surface area contributed by atoms with E-state index in [-0.39, 0.29) is 42.8 Å². The SMILES string of the molecule is C=CS(=O)(=O)Nc1ccc2c(c1)/C(=C/c1[nH]c(C)c(C(=O)NCCNC(=O)COc3ccc(C4=C5C(C)=C(CC)C(C)=[N+]5[B-](F)(F)n5c(C)c(CC)c(C)c54)cc3)c1C)C(=O)N2. The lowest BCUT2D eigenvalue weighted by Crippen LogP contribution is -2.51. The van der Waals surface area contributed by atoms with Crippen molar-refractivity contribution in [3.05, 3.63) is 127 Å². The summed E-state index contributed by atoms with van der Waals surface area (Å²) in [5, 5.41) is 9.12. The van der Waals surface area contributed by atoms with Gasteiger partial charge >= 0.3 is 6.97 Å². The van der Waals surface area contributed by atoms with Crippen molar-refractivity contribution in [1.29, 1.82) is 0 Å². The first-order valence-corrected chi connectivity index (χ1v) is 22.0. The van der Waals surface area contributed by atoms with E-state index in [1.165, 1.54) is 15.0 Å². The summed E-state index contributed by atoms with van der Waals surface area (Å²) in [4.78, 5) is 42.1. The smallest absolute Gasteiger partial charge is 0.484 e. The van der Waals surface area contributed by atoms with Crippen molar-refractivity contribution in [2.75, 3.05) is 29.7 Å². The highest BCUT2D eigenvalue weighted by Gasteiger charge is 2.56. The number of rotatable bonds is 14. The van der Waals surface area contributed by atoms with Crippen molar-refractivity contribution in [1.82, 2.24) is 20.1 Å². The molecule has 0 unspecified atom stereocenters. The number of nitrogens with zero attached hydrogens (tertiary/aromatic N) is 2. The molecule has 5 N–H and O–H groups in total. The predicted octanol–water partition coefficient (Wildman–Crippen LogP) is 7.12. The summed E-state index contributed by atoms with van der Waals surface area (Å²) in [6.07, 6.45) is 2.87. The minimum absolute atomic E-state index is 0.124. The van der Waals surface area contributed by atoms with Gasteiger partial charge in [0.15, 0.2) is 12.3 Å². The number of H-pyrrole nitrogens is 1. The number of carbonyl (C=O) groups is 3. The van der Waals surface area contributed by atoms with Crippen LogP contribution in [0.5, 0.6) is 5.75 Å². The molecule has 5 heterocycles. The number of ether oxygens (including phenoxy) is 1. The maximum absolute atomic E-state index is 16.6. The van der Waals surface area contributed by atoms with Crippen LogP contribution in [0, 0.1) is 27.7 Å². The minimum Gasteiger partial charge on any atom is -0.484 e. The van der Waals surface area contributed by atoms with Crippen LogP contribution in [-0.4, -0.2) is 72.5 Å². The van der Waals surface area contributed by atoms with E-state index in [9.17, 15) is 22.8 Å². The van der Waals surface area contributed by atoms with E-state index in [2.05, 4.69) is 32.2 Å². The number of carbonyl (C=O) groups excluding carboxylic acids is 3. The molecule has 324 valence electrons. The molecule has 62 heavy (non-hydrogen) atoms. The number of fused-ring (bicyclic) bond motifs is 3. The van der Waals surface area contributed by atoms with E-state index < -0.39 is 22.9 Å². The van der Waals surface area contributed by atoms with Gasteiger partial charge in [-0.15, -0.1) is 0 Å². The van der Waals surface area contributed by atoms with Crippen LogP contribution >= 0.6 is 0 Å². The molecular weight excluding hydrogens is 815 g/mol. The van der Waals surface area contributed by atoms with Gasteiger partial charge in [0, 0.05) is 70.6 Å². The summed E-state index contributed by atoms with van der Waals surface area (Å²) in [6, 6.07) is 11.8. The molecule has 3 aliphatic rings. The second kappa shape index (κ2) is 16.4. The first-order valence-electron chi connectivity index (χ1n) is 20.5. The fourth-order valence-electron chi connectivity index (χ4n) is 9.14. The Balaban J connectivity index is 0.982. The minimum atomic E-state index is -4.14. The van der Waals surface area contributed by atoms with E-state index in [1.807, 2.05) is 39.8 Å². The highest BCUT2D eigenvalue weighted by atomic mass is 32.2. The highest BCUT2D eigenvalue weighted by Crippen LogP contribution is 2.47. The van der Waals surface area contributed by atoms with Crippen LogP contribution in [0.2, 0.25) is 0 Å². The van der Waals surface area contributed by atoms with Crippen LogP contribution in [-0.2, 0) is 26.0 Å². The molecule has 0 saturated carbocycles. The van der Waals surface area contributed by atoms with Gasteiger partial charge in [-0.1, -0.05) is 32.6 Å². The van der Waals surface area contributed by atoms with Gasteiger partial charge in [-0.3, -0.25) is 19.1 Å². The number of benzene rings is 2. The Morgan fingerprint density at radius 2 is 1.66 bits per heavy atom. The summed E-state index contributed by atoms with van der Waals surface area (Å²) in [5.74, 6) is -0.736. The molecule has 3 aliphatic heterocycles. The third kappa shape index (κ3) is 7.47. The van der Waals surface area contributed by atoms with Gasteiger partial charge in [0.05, 0.1) is 16.7 Å². The number of hydrogen-bond donors (Lipinski definition) is 5. The van der Waals surface area contributed by atoms with Gasteiger partial charge in [-0.2, -0.15) is 0 Å². The van der Waals surface area contributed by atoms with E-state index >= 15 is 8.63 Å². The lowest BCUT2D eigenvalue weighted by molar-refractivity contribution is -0.363. The monoisotopic (exact) mass is 865 g/mol. The Morgan fingerprint density at radius 1 is 0.968 bits per heavy atom. The number of aromatic amines is 1. The molecule has 0 atom stereocenters. The van der Waals surface area contributed by atoms with E-state index in [0.717, 1.165) is 38.8 Å². The summed E-state index contributed by atoms with van der Waals surface area (Å²) >= 11 is 0. The van der Waals surface area contributed by atoms with E-state index in [0.29, 0.717) is 75.2 Å². The Hall–Kier alpha value is -6.49. The molecule has 17 heteroatoms. The van der Waals surface area contributed by atoms with E-state index in [1.54, 1.807) is 58.0 Å². The molecule has 0 spiro atoms. The standard InChI is InChI=1S/C45H50BF2N7O6S/c1-10-33-24(4)42-41(43-25(5)34(11-2)29(9)55(43)46(47,48)54(42)28(33)8)30-13-16-32(17-14-30)61-23-39(56)49-19-20-50-45(58)40-26(6)38(51-27(40)7)22-36-35-21-31(53-62(59,60)12-3)15-18-37(35)52-44(36)57/h12-18,21-22,51,53H,3,10-11,19-20,23H2,1-2,4-9H3,(H,49,56)(H,50,58)(H,52,57)/b36-22-. The Bertz CT molecular complexity index is 2850. The quantitative estimate of drug-likeness (QED) is 0.0514. The second-order valence-corrected chi connectivity index (χ2v) is 17.3. The Kier molecular flexibility index (Phi) is 11.5. The molecule has 13 nitrogen and oxygen atoms in total. The highest BCUT2D eigenvalue weighted by molar-refractivity contribution is 7.95. The molecule has 4 aromatic rings. The van der Waals surface area contributed by atoms with Crippen LogP contribution in [0.1, 0.15) is 95.1 Å². The van der Waals surface area contributed by atoms with Crippen LogP contribution in [0.15, 0.2) is 71.3 Å². The maximum Gasteiger partial charge on any atom is 0.737 e. The first-order chi connectivity index (χ1) is 29.3. The first kappa shape index (κ1) is 43.6.